The van der Waals surface area contributed by atoms with Crippen molar-refractivity contribution >= 4 is 33.0 Å². The monoisotopic (exact) mass is 545 g/mol. The van der Waals surface area contributed by atoms with Crippen LogP contribution in [-0.2, 0) is 9.84 Å². The number of benzene rings is 2. The molecule has 2 aliphatic carbocycles. The summed E-state index contributed by atoms with van der Waals surface area (Å²) in [5, 5.41) is 22.9. The number of halogens is 4. The molecule has 2 bridgehead atoms. The molecule has 2 aliphatic rings. The molecule has 0 spiro atoms. The molecular weight excluding hydrogens is 519 g/mol. The zero-order valence-corrected chi connectivity index (χ0v) is 21.4. The van der Waals surface area contributed by atoms with Crippen LogP contribution in [0.2, 0.25) is 5.02 Å². The number of nitrogens with one attached hydrogen (secondary N) is 1. The summed E-state index contributed by atoms with van der Waals surface area (Å²) < 4.78 is 67.9. The Morgan fingerprint density at radius 2 is 1.75 bits per heavy atom. The lowest BCUT2D eigenvalue weighted by molar-refractivity contribution is -0.160. The molecule has 1 amide bonds. The van der Waals surface area contributed by atoms with E-state index in [0.29, 0.717) is 18.6 Å². The van der Waals surface area contributed by atoms with E-state index in [-0.39, 0.29) is 39.9 Å². The second-order valence-electron chi connectivity index (χ2n) is 10.5. The van der Waals surface area contributed by atoms with Crippen LogP contribution in [0, 0.1) is 35.2 Å². The molecule has 0 aliphatic heterocycles. The smallest absolute Gasteiger partial charge is 0.255 e. The number of carbonyl (C=O) groups excluding carboxylic acids is 1. The van der Waals surface area contributed by atoms with Crippen molar-refractivity contribution in [2.45, 2.75) is 61.4 Å². The third kappa shape index (κ3) is 4.53. The van der Waals surface area contributed by atoms with Gasteiger partial charge in [-0.1, -0.05) is 18.5 Å². The van der Waals surface area contributed by atoms with E-state index in [1.807, 2.05) is 6.92 Å². The summed E-state index contributed by atoms with van der Waals surface area (Å²) in [6.45, 7) is 4.92. The van der Waals surface area contributed by atoms with Gasteiger partial charge in [0.25, 0.3) is 5.91 Å². The Balaban J connectivity index is 1.66. The van der Waals surface area contributed by atoms with E-state index in [1.54, 1.807) is 0 Å². The Kier molecular flexibility index (Phi) is 6.73. The van der Waals surface area contributed by atoms with E-state index in [0.717, 1.165) is 6.07 Å². The van der Waals surface area contributed by atoms with Gasteiger partial charge >= 0.3 is 0 Å². The number of hydrogen-bond donors (Lipinski definition) is 3. The fourth-order valence-corrected chi connectivity index (χ4v) is 8.61. The molecule has 2 unspecified atom stereocenters. The first-order valence-corrected chi connectivity index (χ1v) is 13.4. The quantitative estimate of drug-likeness (QED) is 0.472. The summed E-state index contributed by atoms with van der Waals surface area (Å²) in [4.78, 5) is 12.5. The predicted octanol–water partition coefficient (Wildman–Crippen LogP) is 4.72. The van der Waals surface area contributed by atoms with Crippen LogP contribution in [0.5, 0.6) is 0 Å². The summed E-state index contributed by atoms with van der Waals surface area (Å²) >= 11 is 6.26. The lowest BCUT2D eigenvalue weighted by atomic mass is 9.69. The molecular formula is C25H27ClF3NO5S. The first kappa shape index (κ1) is 26.9. The largest absolute Gasteiger partial charge is 0.387 e. The molecule has 6 nitrogen and oxygen atoms in total. The molecule has 11 heteroatoms. The van der Waals surface area contributed by atoms with Gasteiger partial charge in [-0.15, -0.1) is 0 Å². The first-order valence-electron chi connectivity index (χ1n) is 11.5. The number of sulfone groups is 1. The standard InChI is InChI=1S/C25H27ClF3NO5S/c1-12-6-14-10-25(33,24(2,3)32)11-16(12)22(14)36(34,35)20-7-13(4-5-17(20)26)23(31)30-15-8-18(27)21(29)19(28)9-15/h4-5,7-9,12,14,16,22,32-33H,6,10-11H2,1-3H3,(H,30,31)/t12-,14-,16?,22?,25+/m0/s1. The Morgan fingerprint density at radius 3 is 2.31 bits per heavy atom. The number of carbonyl (C=O) groups is 1. The third-order valence-corrected chi connectivity index (χ3v) is 10.5. The number of amides is 1. The van der Waals surface area contributed by atoms with Gasteiger partial charge in [-0.05, 0) is 69.1 Å². The van der Waals surface area contributed by atoms with E-state index in [4.69, 9.17) is 11.6 Å². The van der Waals surface area contributed by atoms with Gasteiger partial charge in [0, 0.05) is 23.4 Å². The molecule has 2 aromatic rings. The van der Waals surface area contributed by atoms with Gasteiger partial charge in [-0.2, -0.15) is 0 Å². The fraction of sp³-hybridized carbons (Fsp3) is 0.480. The minimum Gasteiger partial charge on any atom is -0.387 e. The summed E-state index contributed by atoms with van der Waals surface area (Å²) in [5.41, 5.74) is -3.34. The Morgan fingerprint density at radius 1 is 1.14 bits per heavy atom. The van der Waals surface area contributed by atoms with Crippen molar-refractivity contribution in [3.8, 4) is 0 Å². The van der Waals surface area contributed by atoms with Crippen LogP contribution in [0.1, 0.15) is 50.4 Å². The van der Waals surface area contributed by atoms with E-state index < -0.39 is 61.5 Å². The molecule has 3 N–H and O–H groups in total. The van der Waals surface area contributed by atoms with Crippen LogP contribution in [0.3, 0.4) is 0 Å². The highest BCUT2D eigenvalue weighted by atomic mass is 35.5. The molecule has 2 fully saturated rings. The zero-order chi connectivity index (χ0) is 26.8. The van der Waals surface area contributed by atoms with Crippen LogP contribution >= 0.6 is 11.6 Å². The zero-order valence-electron chi connectivity index (χ0n) is 19.9. The molecule has 2 aromatic carbocycles. The molecule has 0 saturated heterocycles. The topological polar surface area (TPSA) is 104 Å². The van der Waals surface area contributed by atoms with Crippen molar-refractivity contribution in [3.05, 3.63) is 58.4 Å². The summed E-state index contributed by atoms with van der Waals surface area (Å²) in [7, 11) is -4.08. The number of hydrogen-bond acceptors (Lipinski definition) is 5. The van der Waals surface area contributed by atoms with Gasteiger partial charge in [0.05, 0.1) is 26.4 Å². The van der Waals surface area contributed by atoms with E-state index >= 15 is 0 Å². The van der Waals surface area contributed by atoms with Crippen molar-refractivity contribution < 1.29 is 36.6 Å². The average molecular weight is 546 g/mol. The third-order valence-electron chi connectivity index (χ3n) is 7.70. The minimum absolute atomic E-state index is 0.0281. The average Bonchev–Trinajstić information content (AvgIpc) is 2.98. The second kappa shape index (κ2) is 9.01. The number of fused-ring (bicyclic) bond motifs is 2. The maximum Gasteiger partial charge on any atom is 0.255 e. The lowest BCUT2D eigenvalue weighted by Gasteiger charge is -2.47. The SMILES string of the molecule is C[C@H]1C[C@H]2C[C@](O)(C(C)(C)O)CC1C2S(=O)(=O)c1cc(C(=O)Nc2cc(F)c(F)c(F)c2)ccc1Cl. The van der Waals surface area contributed by atoms with Gasteiger partial charge in [0.2, 0.25) is 0 Å². The van der Waals surface area contributed by atoms with Gasteiger partial charge in [0.1, 0.15) is 0 Å². The maximum atomic E-state index is 13.8. The molecule has 0 aromatic heterocycles. The van der Waals surface area contributed by atoms with Crippen LogP contribution < -0.4 is 5.32 Å². The van der Waals surface area contributed by atoms with Crippen molar-refractivity contribution in [1.82, 2.24) is 0 Å². The van der Waals surface area contributed by atoms with Crippen molar-refractivity contribution in [2.75, 3.05) is 5.32 Å². The fourth-order valence-electron chi connectivity index (χ4n) is 5.71. The summed E-state index contributed by atoms with van der Waals surface area (Å²) in [6.07, 6.45) is 0.741. The van der Waals surface area contributed by atoms with Gasteiger partial charge in [-0.3, -0.25) is 4.79 Å². The van der Waals surface area contributed by atoms with Gasteiger partial charge in [-0.25, -0.2) is 21.6 Å². The lowest BCUT2D eigenvalue weighted by Crippen LogP contribution is -2.57. The number of aliphatic hydroxyl groups is 2. The minimum atomic E-state index is -4.08. The Bertz CT molecular complexity index is 1310. The van der Waals surface area contributed by atoms with E-state index in [1.165, 1.54) is 26.0 Å². The number of anilines is 1. The highest BCUT2D eigenvalue weighted by Crippen LogP contribution is 2.56. The number of rotatable bonds is 5. The highest BCUT2D eigenvalue weighted by molar-refractivity contribution is 7.92. The Hall–Kier alpha value is -2.14. The summed E-state index contributed by atoms with van der Waals surface area (Å²) in [6, 6.07) is 4.82. The van der Waals surface area contributed by atoms with Crippen molar-refractivity contribution in [3.63, 3.8) is 0 Å². The van der Waals surface area contributed by atoms with Crippen molar-refractivity contribution in [2.24, 2.45) is 17.8 Å². The highest BCUT2D eigenvalue weighted by Gasteiger charge is 2.60. The van der Waals surface area contributed by atoms with Crippen LogP contribution in [0.15, 0.2) is 35.2 Å². The molecule has 36 heavy (non-hydrogen) atoms. The maximum absolute atomic E-state index is 13.8. The molecule has 196 valence electrons. The second-order valence-corrected chi connectivity index (χ2v) is 13.0. The molecule has 2 saturated carbocycles. The van der Waals surface area contributed by atoms with Gasteiger partial charge < -0.3 is 15.5 Å². The predicted molar refractivity (Wildman–Crippen MR) is 128 cm³/mol. The summed E-state index contributed by atoms with van der Waals surface area (Å²) in [5.74, 6) is -6.43. The van der Waals surface area contributed by atoms with Crippen LogP contribution in [0.25, 0.3) is 0 Å². The van der Waals surface area contributed by atoms with Gasteiger partial charge in [0.15, 0.2) is 27.3 Å². The molecule has 0 heterocycles. The molecule has 4 rings (SSSR count). The normalized spacial score (nSPS) is 28.2. The molecule has 5 atom stereocenters. The molecule has 0 radical (unpaired) electrons. The van der Waals surface area contributed by atoms with Crippen LogP contribution in [0.4, 0.5) is 18.9 Å². The Labute approximate surface area is 212 Å². The van der Waals surface area contributed by atoms with E-state index in [2.05, 4.69) is 5.32 Å². The van der Waals surface area contributed by atoms with Crippen molar-refractivity contribution in [1.29, 1.82) is 0 Å². The first-order chi connectivity index (χ1) is 16.5. The van der Waals surface area contributed by atoms with Crippen LogP contribution in [-0.4, -0.2) is 41.0 Å². The van der Waals surface area contributed by atoms with E-state index in [9.17, 15) is 36.6 Å².